The molecule has 0 aliphatic heterocycles. The van der Waals surface area contributed by atoms with Crippen LogP contribution in [0.25, 0.3) is 0 Å². The monoisotopic (exact) mass is 261 g/mol. The van der Waals surface area contributed by atoms with E-state index in [0.29, 0.717) is 6.04 Å². The van der Waals surface area contributed by atoms with Crippen molar-refractivity contribution < 1.29 is 0 Å². The standard InChI is InChI=1S/C14H19N3S/c1-4-11(13-8-6-10-18-13)16-12-7-5-9-15-14(12)17(2)3/h5-11,16H,4H2,1-3H3. The van der Waals surface area contributed by atoms with Crippen LogP contribution in [-0.4, -0.2) is 19.1 Å². The van der Waals surface area contributed by atoms with Crippen LogP contribution in [0.5, 0.6) is 0 Å². The highest BCUT2D eigenvalue weighted by atomic mass is 32.1. The van der Waals surface area contributed by atoms with Gasteiger partial charge in [-0.15, -0.1) is 11.3 Å². The Morgan fingerprint density at radius 2 is 2.17 bits per heavy atom. The smallest absolute Gasteiger partial charge is 0.151 e. The van der Waals surface area contributed by atoms with E-state index >= 15 is 0 Å². The van der Waals surface area contributed by atoms with Crippen molar-refractivity contribution in [1.29, 1.82) is 0 Å². The predicted octanol–water partition coefficient (Wildman–Crippen LogP) is 3.77. The second kappa shape index (κ2) is 5.87. The van der Waals surface area contributed by atoms with Gasteiger partial charge in [0.05, 0.1) is 11.7 Å². The van der Waals surface area contributed by atoms with Gasteiger partial charge in [-0.1, -0.05) is 13.0 Å². The van der Waals surface area contributed by atoms with Crippen molar-refractivity contribution >= 4 is 22.8 Å². The Labute approximate surface area is 112 Å². The van der Waals surface area contributed by atoms with Crippen molar-refractivity contribution in [3.05, 3.63) is 40.7 Å². The summed E-state index contributed by atoms with van der Waals surface area (Å²) >= 11 is 1.79. The fourth-order valence-electron chi connectivity index (χ4n) is 1.92. The van der Waals surface area contributed by atoms with E-state index in [4.69, 9.17) is 0 Å². The Balaban J connectivity index is 2.22. The number of anilines is 2. The first-order chi connectivity index (χ1) is 8.72. The second-order valence-corrected chi connectivity index (χ2v) is 5.37. The molecular formula is C14H19N3S. The Bertz CT molecular complexity index is 480. The second-order valence-electron chi connectivity index (χ2n) is 4.39. The third-order valence-corrected chi connectivity index (χ3v) is 3.82. The maximum absolute atomic E-state index is 4.41. The molecule has 0 saturated heterocycles. The molecule has 0 amide bonds. The lowest BCUT2D eigenvalue weighted by molar-refractivity contribution is 0.762. The highest BCUT2D eigenvalue weighted by Gasteiger charge is 2.13. The van der Waals surface area contributed by atoms with Crippen molar-refractivity contribution in [1.82, 2.24) is 4.98 Å². The van der Waals surface area contributed by atoms with Gasteiger partial charge in [-0.3, -0.25) is 0 Å². The molecule has 0 fully saturated rings. The van der Waals surface area contributed by atoms with Crippen LogP contribution in [0.1, 0.15) is 24.3 Å². The molecule has 0 spiro atoms. The Hall–Kier alpha value is -1.55. The van der Waals surface area contributed by atoms with E-state index in [1.54, 1.807) is 11.3 Å². The third kappa shape index (κ3) is 2.82. The van der Waals surface area contributed by atoms with Gasteiger partial charge in [0, 0.05) is 25.2 Å². The highest BCUT2D eigenvalue weighted by Crippen LogP contribution is 2.29. The van der Waals surface area contributed by atoms with Crippen LogP contribution in [0, 0.1) is 0 Å². The Kier molecular flexibility index (Phi) is 4.20. The molecule has 2 heterocycles. The lowest BCUT2D eigenvalue weighted by atomic mass is 10.2. The van der Waals surface area contributed by atoms with E-state index in [9.17, 15) is 0 Å². The number of pyridine rings is 1. The first-order valence-corrected chi connectivity index (χ1v) is 7.02. The minimum atomic E-state index is 0.355. The maximum atomic E-state index is 4.41. The highest BCUT2D eigenvalue weighted by molar-refractivity contribution is 7.10. The molecule has 0 aromatic carbocycles. The molecule has 0 radical (unpaired) electrons. The van der Waals surface area contributed by atoms with Gasteiger partial charge in [-0.2, -0.15) is 0 Å². The normalized spacial score (nSPS) is 12.2. The Morgan fingerprint density at radius 3 is 2.78 bits per heavy atom. The maximum Gasteiger partial charge on any atom is 0.151 e. The molecule has 1 atom stereocenters. The van der Waals surface area contributed by atoms with E-state index in [-0.39, 0.29) is 0 Å². The average molecular weight is 261 g/mol. The first kappa shape index (κ1) is 12.9. The first-order valence-electron chi connectivity index (χ1n) is 6.14. The largest absolute Gasteiger partial charge is 0.374 e. The van der Waals surface area contributed by atoms with Gasteiger partial charge >= 0.3 is 0 Å². The van der Waals surface area contributed by atoms with Crippen molar-refractivity contribution in [3.63, 3.8) is 0 Å². The van der Waals surface area contributed by atoms with Gasteiger partial charge in [0.2, 0.25) is 0 Å². The molecule has 0 aliphatic carbocycles. The summed E-state index contributed by atoms with van der Waals surface area (Å²) < 4.78 is 0. The topological polar surface area (TPSA) is 28.2 Å². The average Bonchev–Trinajstić information content (AvgIpc) is 2.90. The summed E-state index contributed by atoms with van der Waals surface area (Å²) in [6.07, 6.45) is 2.88. The van der Waals surface area contributed by atoms with E-state index in [0.717, 1.165) is 17.9 Å². The van der Waals surface area contributed by atoms with Crippen LogP contribution in [0.15, 0.2) is 35.8 Å². The van der Waals surface area contributed by atoms with Gasteiger partial charge in [-0.05, 0) is 30.0 Å². The van der Waals surface area contributed by atoms with Crippen molar-refractivity contribution in [2.45, 2.75) is 19.4 Å². The molecule has 1 unspecified atom stereocenters. The fourth-order valence-corrected chi connectivity index (χ4v) is 2.78. The van der Waals surface area contributed by atoms with E-state index < -0.39 is 0 Å². The van der Waals surface area contributed by atoms with Crippen LogP contribution >= 0.6 is 11.3 Å². The number of hydrogen-bond donors (Lipinski definition) is 1. The molecule has 96 valence electrons. The molecule has 18 heavy (non-hydrogen) atoms. The summed E-state index contributed by atoms with van der Waals surface area (Å²) in [6, 6.07) is 8.68. The number of nitrogens with one attached hydrogen (secondary N) is 1. The number of nitrogens with zero attached hydrogens (tertiary/aromatic N) is 2. The van der Waals surface area contributed by atoms with Crippen LogP contribution < -0.4 is 10.2 Å². The summed E-state index contributed by atoms with van der Waals surface area (Å²) in [5, 5.41) is 5.71. The minimum absolute atomic E-state index is 0.355. The van der Waals surface area contributed by atoms with Crippen molar-refractivity contribution in [2.75, 3.05) is 24.3 Å². The minimum Gasteiger partial charge on any atom is -0.374 e. The lowest BCUT2D eigenvalue weighted by Gasteiger charge is -2.21. The molecule has 2 rings (SSSR count). The summed E-state index contributed by atoms with van der Waals surface area (Å²) in [4.78, 5) is 7.81. The number of rotatable bonds is 5. The van der Waals surface area contributed by atoms with Gasteiger partial charge in [-0.25, -0.2) is 4.98 Å². The van der Waals surface area contributed by atoms with Crippen LogP contribution in [-0.2, 0) is 0 Å². The fraction of sp³-hybridized carbons (Fsp3) is 0.357. The molecule has 3 nitrogen and oxygen atoms in total. The zero-order valence-corrected chi connectivity index (χ0v) is 11.9. The van der Waals surface area contributed by atoms with Gasteiger partial charge in [0.15, 0.2) is 5.82 Å². The molecule has 1 N–H and O–H groups in total. The molecule has 2 aromatic heterocycles. The van der Waals surface area contributed by atoms with E-state index in [1.807, 2.05) is 31.3 Å². The summed E-state index contributed by atoms with van der Waals surface area (Å²) in [5.74, 6) is 0.979. The van der Waals surface area contributed by atoms with E-state index in [1.165, 1.54) is 4.88 Å². The van der Waals surface area contributed by atoms with Crippen LogP contribution in [0.4, 0.5) is 11.5 Å². The molecule has 0 saturated carbocycles. The zero-order valence-electron chi connectivity index (χ0n) is 11.1. The number of aromatic nitrogens is 1. The third-order valence-electron chi connectivity index (χ3n) is 2.83. The van der Waals surface area contributed by atoms with Gasteiger partial charge < -0.3 is 10.2 Å². The van der Waals surface area contributed by atoms with Gasteiger partial charge in [0.25, 0.3) is 0 Å². The SMILES string of the molecule is CCC(Nc1cccnc1N(C)C)c1cccs1. The molecule has 2 aromatic rings. The molecular weight excluding hydrogens is 242 g/mol. The van der Waals surface area contributed by atoms with Crippen LogP contribution in [0.2, 0.25) is 0 Å². The van der Waals surface area contributed by atoms with Crippen molar-refractivity contribution in [3.8, 4) is 0 Å². The number of hydrogen-bond acceptors (Lipinski definition) is 4. The van der Waals surface area contributed by atoms with Gasteiger partial charge in [0.1, 0.15) is 0 Å². The van der Waals surface area contributed by atoms with Crippen LogP contribution in [0.3, 0.4) is 0 Å². The van der Waals surface area contributed by atoms with E-state index in [2.05, 4.69) is 40.8 Å². The zero-order chi connectivity index (χ0) is 13.0. The number of thiophene rings is 1. The predicted molar refractivity (Wildman–Crippen MR) is 79.5 cm³/mol. The lowest BCUT2D eigenvalue weighted by Crippen LogP contribution is -2.16. The molecule has 0 aliphatic rings. The summed E-state index contributed by atoms with van der Waals surface area (Å²) in [7, 11) is 4.03. The summed E-state index contributed by atoms with van der Waals surface area (Å²) in [6.45, 7) is 2.20. The molecule has 4 heteroatoms. The Morgan fingerprint density at radius 1 is 1.33 bits per heavy atom. The van der Waals surface area contributed by atoms with Crippen molar-refractivity contribution in [2.24, 2.45) is 0 Å². The quantitative estimate of drug-likeness (QED) is 0.888. The molecule has 0 bridgehead atoms. The summed E-state index contributed by atoms with van der Waals surface area (Å²) in [5.41, 5.74) is 1.09.